The normalized spacial score (nSPS) is 32.9. The topological polar surface area (TPSA) is 92.8 Å². The van der Waals surface area contributed by atoms with Gasteiger partial charge in [0.25, 0.3) is 5.91 Å². The van der Waals surface area contributed by atoms with Crippen LogP contribution in [0.15, 0.2) is 12.7 Å². The van der Waals surface area contributed by atoms with E-state index in [0.717, 1.165) is 25.7 Å². The largest absolute Gasteiger partial charge is 0.365 e. The molecule has 3 rings (SSSR count). The number of rotatable bonds is 7. The van der Waals surface area contributed by atoms with Crippen molar-refractivity contribution in [3.8, 4) is 0 Å². The molecule has 7 nitrogen and oxygen atoms in total. The minimum absolute atomic E-state index is 0.0314. The summed E-state index contributed by atoms with van der Waals surface area (Å²) in [7, 11) is -3.27. The van der Waals surface area contributed by atoms with Crippen LogP contribution in [-0.2, 0) is 24.2 Å². The molecule has 27 heavy (non-hydrogen) atoms. The number of fused-ring (bicyclic) bond motifs is 2. The Hall–Kier alpha value is -1.41. The third kappa shape index (κ3) is 4.37. The van der Waals surface area contributed by atoms with E-state index in [9.17, 15) is 18.0 Å². The van der Waals surface area contributed by atoms with E-state index >= 15 is 0 Å². The molecule has 0 aliphatic carbocycles. The van der Waals surface area contributed by atoms with Gasteiger partial charge in [0.1, 0.15) is 11.4 Å². The van der Waals surface area contributed by atoms with Crippen LogP contribution in [0.3, 0.4) is 0 Å². The molecule has 2 bridgehead atoms. The Bertz CT molecular complexity index is 678. The summed E-state index contributed by atoms with van der Waals surface area (Å²) in [5.74, 6) is 0.0691. The fourth-order valence-electron chi connectivity index (χ4n) is 4.75. The number of nitrogens with zero attached hydrogens (tertiary/aromatic N) is 1. The first-order valence-corrected chi connectivity index (χ1v) is 11.6. The molecule has 3 saturated heterocycles. The highest BCUT2D eigenvalue weighted by Gasteiger charge is 2.44. The van der Waals surface area contributed by atoms with Crippen molar-refractivity contribution in [1.82, 2.24) is 10.2 Å². The van der Waals surface area contributed by atoms with Gasteiger partial charge in [0, 0.05) is 18.6 Å². The molecule has 1 N–H and O–H groups in total. The summed E-state index contributed by atoms with van der Waals surface area (Å²) in [4.78, 5) is 27.0. The molecule has 3 fully saturated rings. The van der Waals surface area contributed by atoms with E-state index < -0.39 is 21.2 Å². The Balaban J connectivity index is 1.52. The molecule has 0 aromatic rings. The lowest BCUT2D eigenvalue weighted by atomic mass is 9.90. The molecule has 0 spiro atoms. The van der Waals surface area contributed by atoms with E-state index in [-0.39, 0.29) is 35.6 Å². The van der Waals surface area contributed by atoms with Crippen LogP contribution in [0.5, 0.6) is 0 Å². The Labute approximate surface area is 161 Å². The highest BCUT2D eigenvalue weighted by Crippen LogP contribution is 2.39. The van der Waals surface area contributed by atoms with Gasteiger partial charge in [-0.2, -0.15) is 0 Å². The second-order valence-corrected chi connectivity index (χ2v) is 10.3. The van der Waals surface area contributed by atoms with Crippen LogP contribution in [-0.4, -0.2) is 67.5 Å². The maximum absolute atomic E-state index is 12.7. The predicted molar refractivity (Wildman–Crippen MR) is 102 cm³/mol. The smallest absolute Gasteiger partial charge is 0.251 e. The second kappa shape index (κ2) is 8.31. The van der Waals surface area contributed by atoms with Gasteiger partial charge in [-0.1, -0.05) is 6.08 Å². The number of ether oxygens (including phenoxy) is 1. The average molecular weight is 399 g/mol. The van der Waals surface area contributed by atoms with Crippen molar-refractivity contribution in [2.24, 2.45) is 5.92 Å². The second-order valence-electron chi connectivity index (χ2n) is 7.98. The molecule has 3 unspecified atom stereocenters. The van der Waals surface area contributed by atoms with Crippen LogP contribution >= 0.6 is 0 Å². The molecule has 3 aliphatic heterocycles. The van der Waals surface area contributed by atoms with Crippen molar-refractivity contribution < 1.29 is 22.7 Å². The molecule has 3 aliphatic rings. The molecular weight excluding hydrogens is 368 g/mol. The van der Waals surface area contributed by atoms with E-state index in [1.807, 2.05) is 4.90 Å². The van der Waals surface area contributed by atoms with Crippen LogP contribution < -0.4 is 5.32 Å². The average Bonchev–Trinajstić information content (AvgIpc) is 3.12. The minimum atomic E-state index is -3.27. The van der Waals surface area contributed by atoms with Crippen molar-refractivity contribution in [1.29, 1.82) is 0 Å². The number of carbonyl (C=O) groups is 2. The van der Waals surface area contributed by atoms with Crippen LogP contribution in [0.25, 0.3) is 0 Å². The van der Waals surface area contributed by atoms with Crippen molar-refractivity contribution in [2.45, 2.75) is 68.9 Å². The number of amides is 2. The Morgan fingerprint density at radius 2 is 1.93 bits per heavy atom. The summed E-state index contributed by atoms with van der Waals surface area (Å²) in [5, 5.41) is 1.98. The Morgan fingerprint density at radius 1 is 1.26 bits per heavy atom. The zero-order valence-electron chi connectivity index (χ0n) is 15.9. The molecule has 0 aromatic carbocycles. The van der Waals surface area contributed by atoms with Crippen LogP contribution in [0.2, 0.25) is 0 Å². The highest BCUT2D eigenvalue weighted by molar-refractivity contribution is 7.93. The number of nitrogens with one attached hydrogen (secondary N) is 1. The molecule has 0 saturated carbocycles. The van der Waals surface area contributed by atoms with Gasteiger partial charge in [-0.25, -0.2) is 8.42 Å². The lowest BCUT2D eigenvalue weighted by molar-refractivity contribution is -0.147. The lowest BCUT2D eigenvalue weighted by Gasteiger charge is -2.40. The quantitative estimate of drug-likeness (QED) is 0.647. The van der Waals surface area contributed by atoms with Gasteiger partial charge in [-0.3, -0.25) is 9.59 Å². The molecule has 5 atom stereocenters. The van der Waals surface area contributed by atoms with E-state index in [1.54, 1.807) is 13.0 Å². The molecular formula is C19H30N2O5S. The van der Waals surface area contributed by atoms with Crippen molar-refractivity contribution in [3.63, 3.8) is 0 Å². The highest BCUT2D eigenvalue weighted by atomic mass is 32.2. The maximum Gasteiger partial charge on any atom is 0.251 e. The summed E-state index contributed by atoms with van der Waals surface area (Å²) in [6.07, 6.45) is 5.79. The number of hydrogen-bond acceptors (Lipinski definition) is 5. The molecule has 2 amide bonds. The van der Waals surface area contributed by atoms with Gasteiger partial charge in [0.15, 0.2) is 9.84 Å². The van der Waals surface area contributed by atoms with Crippen molar-refractivity contribution >= 4 is 21.7 Å². The Morgan fingerprint density at radius 3 is 2.48 bits per heavy atom. The first-order valence-electron chi connectivity index (χ1n) is 9.87. The summed E-state index contributed by atoms with van der Waals surface area (Å²) in [6.45, 7) is 6.23. The summed E-state index contributed by atoms with van der Waals surface area (Å²) < 4.78 is 29.3. The number of piperidine rings is 1. The van der Waals surface area contributed by atoms with Gasteiger partial charge in [-0.15, -0.1) is 6.58 Å². The van der Waals surface area contributed by atoms with Crippen LogP contribution in [0.1, 0.15) is 45.4 Å². The predicted octanol–water partition coefficient (Wildman–Crippen LogP) is 1.04. The van der Waals surface area contributed by atoms with E-state index in [1.165, 1.54) is 0 Å². The zero-order chi connectivity index (χ0) is 19.6. The van der Waals surface area contributed by atoms with Crippen molar-refractivity contribution in [3.05, 3.63) is 12.7 Å². The minimum Gasteiger partial charge on any atom is -0.365 e. The van der Waals surface area contributed by atoms with E-state index in [0.29, 0.717) is 26.0 Å². The SMILES string of the molecule is C=CCOC(C)C(=O)N1[C@@H]2CC[C@H]1CC(CNC(=O)C1CCCS1(=O)=O)C2. The lowest BCUT2D eigenvalue weighted by Crippen LogP contribution is -2.52. The molecule has 0 aromatic heterocycles. The van der Waals surface area contributed by atoms with Crippen molar-refractivity contribution in [2.75, 3.05) is 18.9 Å². The van der Waals surface area contributed by atoms with Gasteiger partial charge in [0.05, 0.1) is 12.4 Å². The molecule has 152 valence electrons. The third-order valence-electron chi connectivity index (χ3n) is 6.08. The van der Waals surface area contributed by atoms with Crippen LogP contribution in [0.4, 0.5) is 0 Å². The monoisotopic (exact) mass is 398 g/mol. The maximum atomic E-state index is 12.7. The Kier molecular flexibility index (Phi) is 6.25. The van der Waals surface area contributed by atoms with E-state index in [2.05, 4.69) is 11.9 Å². The molecule has 3 heterocycles. The summed E-state index contributed by atoms with van der Waals surface area (Å²) in [6, 6.07) is 0.367. The first kappa shape index (κ1) is 20.3. The number of hydrogen-bond donors (Lipinski definition) is 1. The van der Waals surface area contributed by atoms with Gasteiger partial charge >= 0.3 is 0 Å². The van der Waals surface area contributed by atoms with Gasteiger partial charge in [0.2, 0.25) is 5.91 Å². The zero-order valence-corrected chi connectivity index (χ0v) is 16.7. The fraction of sp³-hybridized carbons (Fsp3) is 0.789. The third-order valence-corrected chi connectivity index (χ3v) is 8.26. The van der Waals surface area contributed by atoms with Gasteiger partial charge in [-0.05, 0) is 51.4 Å². The number of sulfone groups is 1. The fourth-order valence-corrected chi connectivity index (χ4v) is 6.54. The summed E-state index contributed by atoms with van der Waals surface area (Å²) in [5.41, 5.74) is 0. The standard InChI is InChI=1S/C19H30N2O5S/c1-3-8-26-13(2)19(23)21-15-6-7-16(21)11-14(10-15)12-20-18(22)17-5-4-9-27(17,24)25/h3,13-17H,1,4-12H2,2H3,(H,20,22)/t13?,14?,15-,16+,17?. The van der Waals surface area contributed by atoms with Crippen LogP contribution in [0, 0.1) is 5.92 Å². The molecule has 0 radical (unpaired) electrons. The van der Waals surface area contributed by atoms with E-state index in [4.69, 9.17) is 4.74 Å². The summed E-state index contributed by atoms with van der Waals surface area (Å²) >= 11 is 0. The first-order chi connectivity index (χ1) is 12.8. The molecule has 8 heteroatoms. The number of carbonyl (C=O) groups excluding carboxylic acids is 2. The van der Waals surface area contributed by atoms with Gasteiger partial charge < -0.3 is 15.0 Å².